The first kappa shape index (κ1) is 16.7. The summed E-state index contributed by atoms with van der Waals surface area (Å²) >= 11 is 3.35. The molecule has 0 heterocycles. The van der Waals surface area contributed by atoms with E-state index in [4.69, 9.17) is 5.11 Å². The summed E-state index contributed by atoms with van der Waals surface area (Å²) in [5.41, 5.74) is 1.48. The molecule has 1 N–H and O–H groups in total. The summed E-state index contributed by atoms with van der Waals surface area (Å²) in [6, 6.07) is 5.40. The molecule has 5 nitrogen and oxygen atoms in total. The minimum Gasteiger partial charge on any atom is -0.478 e. The van der Waals surface area contributed by atoms with Gasteiger partial charge in [-0.3, -0.25) is 0 Å². The number of anilines is 1. The SMILES string of the molecule is CN(CCS(C)(=O)=O)c1cc(Br)ccc1C=CC(=O)O. The lowest BCUT2D eigenvalue weighted by Gasteiger charge is -2.21. The molecule has 1 aromatic carbocycles. The van der Waals surface area contributed by atoms with Crippen molar-refractivity contribution in [2.75, 3.05) is 30.5 Å². The fourth-order valence-electron chi connectivity index (χ4n) is 1.57. The Labute approximate surface area is 127 Å². The lowest BCUT2D eigenvalue weighted by molar-refractivity contribution is -0.131. The van der Waals surface area contributed by atoms with E-state index in [2.05, 4.69) is 15.9 Å². The summed E-state index contributed by atoms with van der Waals surface area (Å²) in [5.74, 6) is -0.990. The molecule has 110 valence electrons. The molecule has 0 saturated heterocycles. The Morgan fingerprint density at radius 3 is 2.65 bits per heavy atom. The normalized spacial score (nSPS) is 11.8. The average Bonchev–Trinajstić information content (AvgIpc) is 2.33. The van der Waals surface area contributed by atoms with Crippen molar-refractivity contribution in [3.63, 3.8) is 0 Å². The molecule has 0 aromatic heterocycles. The van der Waals surface area contributed by atoms with E-state index in [9.17, 15) is 13.2 Å². The number of carbonyl (C=O) groups is 1. The van der Waals surface area contributed by atoms with Crippen LogP contribution in [0.5, 0.6) is 0 Å². The number of carboxylic acid groups (broad SMARTS) is 1. The Balaban J connectivity index is 3.02. The van der Waals surface area contributed by atoms with E-state index < -0.39 is 15.8 Å². The van der Waals surface area contributed by atoms with E-state index in [0.717, 1.165) is 16.2 Å². The minimum atomic E-state index is -3.04. The van der Waals surface area contributed by atoms with Gasteiger partial charge < -0.3 is 10.0 Å². The molecular formula is C13H16BrNO4S. The number of nitrogens with zero attached hydrogens (tertiary/aromatic N) is 1. The molecule has 0 radical (unpaired) electrons. The van der Waals surface area contributed by atoms with E-state index in [0.29, 0.717) is 12.1 Å². The number of rotatable bonds is 6. The smallest absolute Gasteiger partial charge is 0.328 e. The van der Waals surface area contributed by atoms with E-state index in [1.165, 1.54) is 12.3 Å². The van der Waals surface area contributed by atoms with Crippen LogP contribution in [-0.2, 0) is 14.6 Å². The van der Waals surface area contributed by atoms with Crippen molar-refractivity contribution < 1.29 is 18.3 Å². The van der Waals surface area contributed by atoms with Gasteiger partial charge in [-0.15, -0.1) is 0 Å². The summed E-state index contributed by atoms with van der Waals surface area (Å²) in [5, 5.41) is 8.68. The third kappa shape index (κ3) is 5.75. The second kappa shape index (κ2) is 6.90. The third-order valence-electron chi connectivity index (χ3n) is 2.61. The molecule has 0 aliphatic carbocycles. The van der Waals surface area contributed by atoms with Crippen LogP contribution in [0.4, 0.5) is 5.69 Å². The van der Waals surface area contributed by atoms with Gasteiger partial charge in [0.15, 0.2) is 0 Å². The molecule has 20 heavy (non-hydrogen) atoms. The van der Waals surface area contributed by atoms with E-state index >= 15 is 0 Å². The molecule has 0 fully saturated rings. The molecule has 0 aliphatic rings. The largest absolute Gasteiger partial charge is 0.478 e. The zero-order valence-electron chi connectivity index (χ0n) is 11.2. The summed E-state index contributed by atoms with van der Waals surface area (Å²) in [6.07, 6.45) is 3.73. The molecule has 0 aliphatic heterocycles. The van der Waals surface area contributed by atoms with Gasteiger partial charge in [-0.2, -0.15) is 0 Å². The molecule has 7 heteroatoms. The van der Waals surface area contributed by atoms with Crippen LogP contribution >= 0.6 is 15.9 Å². The van der Waals surface area contributed by atoms with Crippen LogP contribution in [-0.4, -0.2) is 45.1 Å². The number of hydrogen-bond donors (Lipinski definition) is 1. The number of hydrogen-bond acceptors (Lipinski definition) is 4. The Kier molecular flexibility index (Phi) is 5.76. The highest BCUT2D eigenvalue weighted by Crippen LogP contribution is 2.25. The van der Waals surface area contributed by atoms with Crippen molar-refractivity contribution in [2.24, 2.45) is 0 Å². The molecule has 0 saturated carbocycles. The van der Waals surface area contributed by atoms with Crippen molar-refractivity contribution in [1.29, 1.82) is 0 Å². The zero-order valence-corrected chi connectivity index (χ0v) is 13.6. The van der Waals surface area contributed by atoms with Crippen molar-refractivity contribution in [3.8, 4) is 0 Å². The topological polar surface area (TPSA) is 74.7 Å². The molecule has 0 amide bonds. The molecular weight excluding hydrogens is 346 g/mol. The second-order valence-electron chi connectivity index (χ2n) is 4.43. The van der Waals surface area contributed by atoms with Gasteiger partial charge in [0.25, 0.3) is 0 Å². The molecule has 0 unspecified atom stereocenters. The van der Waals surface area contributed by atoms with Gasteiger partial charge in [-0.05, 0) is 23.8 Å². The molecule has 0 spiro atoms. The quantitative estimate of drug-likeness (QED) is 0.784. The lowest BCUT2D eigenvalue weighted by atomic mass is 10.1. The number of sulfone groups is 1. The maximum atomic E-state index is 11.2. The van der Waals surface area contributed by atoms with Crippen LogP contribution in [0.15, 0.2) is 28.7 Å². The number of halogens is 1. The summed E-state index contributed by atoms with van der Waals surface area (Å²) in [6.45, 7) is 0.337. The maximum absolute atomic E-state index is 11.2. The highest BCUT2D eigenvalue weighted by atomic mass is 79.9. The molecule has 0 bridgehead atoms. The lowest BCUT2D eigenvalue weighted by Crippen LogP contribution is -2.25. The van der Waals surface area contributed by atoms with Gasteiger partial charge in [0, 0.05) is 36.1 Å². The van der Waals surface area contributed by atoms with Gasteiger partial charge in [-0.25, -0.2) is 13.2 Å². The highest BCUT2D eigenvalue weighted by Gasteiger charge is 2.10. The first-order chi connectivity index (χ1) is 9.19. The Bertz CT molecular complexity index is 625. The Hall–Kier alpha value is -1.34. The fraction of sp³-hybridized carbons (Fsp3) is 0.308. The average molecular weight is 362 g/mol. The van der Waals surface area contributed by atoms with Gasteiger partial charge >= 0.3 is 5.97 Å². The summed E-state index contributed by atoms with van der Waals surface area (Å²) in [7, 11) is -1.27. The van der Waals surface area contributed by atoms with Crippen LogP contribution in [0, 0.1) is 0 Å². The maximum Gasteiger partial charge on any atom is 0.328 e. The monoisotopic (exact) mass is 361 g/mol. The standard InChI is InChI=1S/C13H16BrNO4S/c1-15(7-8-20(2,18)19)12-9-11(14)5-3-10(12)4-6-13(16)17/h3-6,9H,7-8H2,1-2H3,(H,16,17). The number of carboxylic acids is 1. The van der Waals surface area contributed by atoms with E-state index in [1.54, 1.807) is 24.1 Å². The number of aliphatic carboxylic acids is 1. The van der Waals surface area contributed by atoms with Gasteiger partial charge in [-0.1, -0.05) is 22.0 Å². The summed E-state index contributed by atoms with van der Waals surface area (Å²) < 4.78 is 23.3. The Morgan fingerprint density at radius 1 is 1.45 bits per heavy atom. The second-order valence-corrected chi connectivity index (χ2v) is 7.60. The summed E-state index contributed by atoms with van der Waals surface area (Å²) in [4.78, 5) is 12.4. The molecule has 1 rings (SSSR count). The van der Waals surface area contributed by atoms with Crippen LogP contribution < -0.4 is 4.90 Å². The first-order valence-corrected chi connectivity index (χ1v) is 8.64. The Morgan fingerprint density at radius 2 is 2.10 bits per heavy atom. The van der Waals surface area contributed by atoms with Gasteiger partial charge in [0.05, 0.1) is 5.75 Å². The van der Waals surface area contributed by atoms with Crippen molar-refractivity contribution in [3.05, 3.63) is 34.3 Å². The van der Waals surface area contributed by atoms with E-state index in [-0.39, 0.29) is 5.75 Å². The van der Waals surface area contributed by atoms with Crippen molar-refractivity contribution in [2.45, 2.75) is 0 Å². The van der Waals surface area contributed by atoms with Crippen molar-refractivity contribution >= 4 is 43.5 Å². The predicted molar refractivity (Wildman–Crippen MR) is 83.8 cm³/mol. The molecule has 1 aromatic rings. The van der Waals surface area contributed by atoms with Gasteiger partial charge in [0.2, 0.25) is 0 Å². The van der Waals surface area contributed by atoms with Crippen LogP contribution in [0.25, 0.3) is 6.08 Å². The first-order valence-electron chi connectivity index (χ1n) is 5.78. The predicted octanol–water partition coefficient (Wildman–Crippen LogP) is 2.03. The van der Waals surface area contributed by atoms with Crippen LogP contribution in [0.3, 0.4) is 0 Å². The fourth-order valence-corrected chi connectivity index (χ4v) is 2.53. The van der Waals surface area contributed by atoms with E-state index in [1.807, 2.05) is 6.07 Å². The zero-order chi connectivity index (χ0) is 15.3. The third-order valence-corrected chi connectivity index (χ3v) is 4.02. The van der Waals surface area contributed by atoms with Gasteiger partial charge in [0.1, 0.15) is 9.84 Å². The number of benzene rings is 1. The van der Waals surface area contributed by atoms with Crippen LogP contribution in [0.2, 0.25) is 0 Å². The van der Waals surface area contributed by atoms with Crippen molar-refractivity contribution in [1.82, 2.24) is 0 Å². The van der Waals surface area contributed by atoms with Crippen LogP contribution in [0.1, 0.15) is 5.56 Å². The highest BCUT2D eigenvalue weighted by molar-refractivity contribution is 9.10. The minimum absolute atomic E-state index is 0.0398. The molecule has 0 atom stereocenters.